The molecule has 0 aromatic heterocycles. The fourth-order valence-electron chi connectivity index (χ4n) is 1.14. The third-order valence-electron chi connectivity index (χ3n) is 2.25. The Morgan fingerprint density at radius 1 is 1.24 bits per heavy atom. The summed E-state index contributed by atoms with van der Waals surface area (Å²) in [6.07, 6.45) is 3.78. The number of hydrogen-bond donors (Lipinski definition) is 1. The Balaban J connectivity index is 0. The molecule has 1 N–H and O–H groups in total. The second kappa shape index (κ2) is 14.7. The molecule has 0 rings (SSSR count). The van der Waals surface area contributed by atoms with Crippen LogP contribution in [0.2, 0.25) is 0 Å². The molecule has 0 aromatic rings. The van der Waals surface area contributed by atoms with Crippen molar-refractivity contribution in [3.8, 4) is 0 Å². The third-order valence-corrected chi connectivity index (χ3v) is 2.25. The highest BCUT2D eigenvalue weighted by Crippen LogP contribution is 2.01. The van der Waals surface area contributed by atoms with Crippen molar-refractivity contribution in [2.75, 3.05) is 26.3 Å². The monoisotopic (exact) mass is 301 g/mol. The van der Waals surface area contributed by atoms with Gasteiger partial charge in [-0.3, -0.25) is 0 Å². The van der Waals surface area contributed by atoms with Crippen LogP contribution in [-0.2, 0) is 19.2 Å². The van der Waals surface area contributed by atoms with Crippen LogP contribution in [-0.4, -0.2) is 48.4 Å². The van der Waals surface area contributed by atoms with Gasteiger partial charge in [0.2, 0.25) is 0 Å². The molecule has 0 radical (unpaired) electrons. The van der Waals surface area contributed by atoms with Gasteiger partial charge in [0, 0.05) is 24.7 Å². The number of hydroxylamine groups is 2. The number of carbonyl (C=O) groups is 2. The summed E-state index contributed by atoms with van der Waals surface area (Å²) in [6.45, 7) is 12.2. The van der Waals surface area contributed by atoms with Gasteiger partial charge in [-0.05, 0) is 27.2 Å². The molecule has 0 unspecified atom stereocenters. The van der Waals surface area contributed by atoms with Crippen molar-refractivity contribution < 1.29 is 24.3 Å². The smallest absolute Gasteiger partial charge is 0.352 e. The molecule has 6 heteroatoms. The van der Waals surface area contributed by atoms with E-state index in [0.717, 1.165) is 25.6 Å². The predicted octanol–water partition coefficient (Wildman–Crippen LogP) is 1.85. The van der Waals surface area contributed by atoms with Crippen molar-refractivity contribution in [3.05, 3.63) is 24.3 Å². The van der Waals surface area contributed by atoms with Gasteiger partial charge in [-0.2, -0.15) is 0 Å². The SMILES string of the molecule is C=CC(=O)OCCO.CCC=C(C)C(=O)ON(CC)CC. The van der Waals surface area contributed by atoms with Crippen LogP contribution in [0.25, 0.3) is 0 Å². The maximum absolute atomic E-state index is 11.3. The summed E-state index contributed by atoms with van der Waals surface area (Å²) in [6, 6.07) is 0. The molecule has 0 amide bonds. The minimum Gasteiger partial charge on any atom is -0.460 e. The minimum absolute atomic E-state index is 0.0465. The van der Waals surface area contributed by atoms with E-state index < -0.39 is 5.97 Å². The van der Waals surface area contributed by atoms with E-state index in [1.807, 2.05) is 26.8 Å². The number of carbonyl (C=O) groups excluding carboxylic acids is 2. The average molecular weight is 301 g/mol. The lowest BCUT2D eigenvalue weighted by Crippen LogP contribution is -2.27. The summed E-state index contributed by atoms with van der Waals surface area (Å²) < 4.78 is 4.33. The molecule has 0 aliphatic heterocycles. The van der Waals surface area contributed by atoms with Gasteiger partial charge >= 0.3 is 11.9 Å². The van der Waals surface area contributed by atoms with Crippen molar-refractivity contribution in [1.82, 2.24) is 5.06 Å². The van der Waals surface area contributed by atoms with Gasteiger partial charge in [-0.25, -0.2) is 9.59 Å². The second-order valence-corrected chi connectivity index (χ2v) is 3.88. The van der Waals surface area contributed by atoms with Crippen molar-refractivity contribution >= 4 is 11.9 Å². The van der Waals surface area contributed by atoms with Gasteiger partial charge < -0.3 is 14.7 Å². The number of rotatable bonds is 8. The average Bonchev–Trinajstić information content (AvgIpc) is 2.50. The third kappa shape index (κ3) is 13.1. The van der Waals surface area contributed by atoms with Crippen molar-refractivity contribution in [1.29, 1.82) is 0 Å². The van der Waals surface area contributed by atoms with E-state index in [-0.39, 0.29) is 19.2 Å². The fraction of sp³-hybridized carbons (Fsp3) is 0.600. The number of nitrogens with zero attached hydrogens (tertiary/aromatic N) is 1. The quantitative estimate of drug-likeness (QED) is 0.419. The van der Waals surface area contributed by atoms with Crippen LogP contribution in [0.3, 0.4) is 0 Å². The number of aliphatic hydroxyl groups is 1. The van der Waals surface area contributed by atoms with Gasteiger partial charge in [0.25, 0.3) is 0 Å². The largest absolute Gasteiger partial charge is 0.460 e. The number of hydrogen-bond acceptors (Lipinski definition) is 6. The molecule has 0 heterocycles. The summed E-state index contributed by atoms with van der Waals surface area (Å²) in [5, 5.41) is 9.73. The van der Waals surface area contributed by atoms with E-state index in [9.17, 15) is 9.59 Å². The molecule has 0 saturated carbocycles. The van der Waals surface area contributed by atoms with Crippen LogP contribution in [0.4, 0.5) is 0 Å². The van der Waals surface area contributed by atoms with Crippen LogP contribution in [0, 0.1) is 0 Å². The zero-order chi connectivity index (χ0) is 16.7. The number of aliphatic hydroxyl groups excluding tert-OH is 1. The highest BCUT2D eigenvalue weighted by Gasteiger charge is 2.09. The molecule has 0 saturated heterocycles. The molecule has 0 aliphatic rings. The van der Waals surface area contributed by atoms with Crippen LogP contribution in [0.1, 0.15) is 34.1 Å². The summed E-state index contributed by atoms with van der Waals surface area (Å²) in [7, 11) is 0. The first kappa shape index (κ1) is 21.6. The van der Waals surface area contributed by atoms with Gasteiger partial charge in [-0.15, -0.1) is 5.06 Å². The molecule has 0 atom stereocenters. The molecule has 21 heavy (non-hydrogen) atoms. The first-order valence-corrected chi connectivity index (χ1v) is 7.00. The number of esters is 1. The maximum atomic E-state index is 11.3. The van der Waals surface area contributed by atoms with E-state index in [1.165, 1.54) is 0 Å². The van der Waals surface area contributed by atoms with Crippen LogP contribution in [0.15, 0.2) is 24.3 Å². The molecule has 0 aliphatic carbocycles. The molecule has 0 bridgehead atoms. The van der Waals surface area contributed by atoms with Crippen LogP contribution < -0.4 is 0 Å². The van der Waals surface area contributed by atoms with Crippen LogP contribution in [0.5, 0.6) is 0 Å². The normalized spacial score (nSPS) is 10.5. The fourth-order valence-corrected chi connectivity index (χ4v) is 1.14. The first-order valence-electron chi connectivity index (χ1n) is 7.00. The van der Waals surface area contributed by atoms with E-state index in [0.29, 0.717) is 5.57 Å². The minimum atomic E-state index is -0.501. The molecule has 0 spiro atoms. The lowest BCUT2D eigenvalue weighted by molar-refractivity contribution is -0.183. The van der Waals surface area contributed by atoms with E-state index >= 15 is 0 Å². The Morgan fingerprint density at radius 3 is 2.19 bits per heavy atom. The Morgan fingerprint density at radius 2 is 1.81 bits per heavy atom. The van der Waals surface area contributed by atoms with Crippen molar-refractivity contribution in [2.24, 2.45) is 0 Å². The highest BCUT2D eigenvalue weighted by molar-refractivity contribution is 5.87. The lowest BCUT2D eigenvalue weighted by atomic mass is 10.2. The van der Waals surface area contributed by atoms with Gasteiger partial charge in [-0.1, -0.05) is 19.6 Å². The highest BCUT2D eigenvalue weighted by atomic mass is 16.7. The number of ether oxygens (including phenoxy) is 1. The Kier molecular flexibility index (Phi) is 15.2. The summed E-state index contributed by atoms with van der Waals surface area (Å²) >= 11 is 0. The standard InChI is InChI=1S/C10H19NO2.C5H8O3/c1-5-8-9(4)10(12)13-11(6-2)7-3;1-2-5(7)8-4-3-6/h8H,5-7H2,1-4H3;2,6H,1,3-4H2. The topological polar surface area (TPSA) is 76.1 Å². The zero-order valence-corrected chi connectivity index (χ0v) is 13.4. The van der Waals surface area contributed by atoms with Crippen molar-refractivity contribution in [3.63, 3.8) is 0 Å². The first-order chi connectivity index (χ1) is 9.96. The van der Waals surface area contributed by atoms with Gasteiger partial charge in [0.05, 0.1) is 6.61 Å². The van der Waals surface area contributed by atoms with Gasteiger partial charge in [0.1, 0.15) is 6.61 Å². The molecule has 6 nitrogen and oxygen atoms in total. The lowest BCUT2D eigenvalue weighted by Gasteiger charge is -2.17. The summed E-state index contributed by atoms with van der Waals surface area (Å²) in [5.74, 6) is -0.746. The number of allylic oxidation sites excluding steroid dienone is 1. The van der Waals surface area contributed by atoms with Crippen LogP contribution >= 0.6 is 0 Å². The zero-order valence-electron chi connectivity index (χ0n) is 13.4. The molecular formula is C15H27NO5. The van der Waals surface area contributed by atoms with Crippen molar-refractivity contribution in [2.45, 2.75) is 34.1 Å². The maximum Gasteiger partial charge on any atom is 0.352 e. The van der Waals surface area contributed by atoms with E-state index in [1.54, 1.807) is 12.0 Å². The summed E-state index contributed by atoms with van der Waals surface area (Å²) in [4.78, 5) is 26.5. The predicted molar refractivity (Wildman–Crippen MR) is 81.3 cm³/mol. The molecular weight excluding hydrogens is 274 g/mol. The second-order valence-electron chi connectivity index (χ2n) is 3.88. The van der Waals surface area contributed by atoms with E-state index in [4.69, 9.17) is 9.94 Å². The van der Waals surface area contributed by atoms with Gasteiger partial charge in [0.15, 0.2) is 0 Å². The Hall–Kier alpha value is -1.66. The molecule has 0 aromatic carbocycles. The Bertz CT molecular complexity index is 335. The molecule has 122 valence electrons. The van der Waals surface area contributed by atoms with E-state index in [2.05, 4.69) is 11.3 Å². The Labute approximate surface area is 127 Å². The summed E-state index contributed by atoms with van der Waals surface area (Å²) in [5.41, 5.74) is 0.675. The molecule has 0 fully saturated rings.